The molecule has 4 aliphatic heterocycles. The number of anilines is 2. The minimum absolute atomic E-state index is 0.139. The van der Waals surface area contributed by atoms with Crippen LogP contribution in [0.15, 0.2) is 42.6 Å². The Morgan fingerprint density at radius 3 is 2.66 bits per heavy atom. The van der Waals surface area contributed by atoms with Gasteiger partial charge in [0.2, 0.25) is 0 Å². The summed E-state index contributed by atoms with van der Waals surface area (Å²) in [5, 5.41) is 7.51. The second-order valence-electron chi connectivity index (χ2n) is 11.1. The van der Waals surface area contributed by atoms with Gasteiger partial charge in [-0.05, 0) is 68.6 Å². The van der Waals surface area contributed by atoms with Crippen molar-refractivity contribution in [1.29, 1.82) is 0 Å². The largest absolute Gasteiger partial charge is 0.374 e. The van der Waals surface area contributed by atoms with Crippen molar-refractivity contribution in [2.45, 2.75) is 38.6 Å². The van der Waals surface area contributed by atoms with Crippen LogP contribution in [0.1, 0.15) is 48.9 Å². The Balaban J connectivity index is 1.28. The molecule has 2 atom stereocenters. The molecule has 0 saturated carbocycles. The van der Waals surface area contributed by atoms with Crippen molar-refractivity contribution >= 4 is 17.2 Å². The molecule has 6 heteroatoms. The predicted octanol–water partition coefficient (Wildman–Crippen LogP) is 3.98. The van der Waals surface area contributed by atoms with Crippen molar-refractivity contribution in [3.63, 3.8) is 0 Å². The Morgan fingerprint density at radius 2 is 1.91 bits per heavy atom. The van der Waals surface area contributed by atoms with Gasteiger partial charge >= 0.3 is 0 Å². The quantitative estimate of drug-likeness (QED) is 0.702. The SMILES string of the molecule is CCc1ccc2c(c1)NC(c1ccc(N3CCN(C)CC3)nc1)C=C2N1CCC2(CCCNC2)C1. The van der Waals surface area contributed by atoms with Crippen LogP contribution >= 0.6 is 0 Å². The number of likely N-dealkylation sites (N-methyl/N-ethyl adjacent to an activating group) is 1. The lowest BCUT2D eigenvalue weighted by molar-refractivity contribution is 0.221. The number of rotatable bonds is 4. The average molecular weight is 473 g/mol. The van der Waals surface area contributed by atoms with Gasteiger partial charge in [0.15, 0.2) is 0 Å². The zero-order chi connectivity index (χ0) is 23.8. The van der Waals surface area contributed by atoms with Crippen LogP contribution in [-0.2, 0) is 6.42 Å². The number of hydrogen-bond donors (Lipinski definition) is 2. The highest BCUT2D eigenvalue weighted by atomic mass is 15.3. The molecule has 35 heavy (non-hydrogen) atoms. The Bertz CT molecular complexity index is 1060. The van der Waals surface area contributed by atoms with Crippen LogP contribution < -0.4 is 15.5 Å². The van der Waals surface area contributed by atoms with Gasteiger partial charge in [-0.3, -0.25) is 0 Å². The average Bonchev–Trinajstić information content (AvgIpc) is 3.31. The van der Waals surface area contributed by atoms with E-state index in [4.69, 9.17) is 4.98 Å². The van der Waals surface area contributed by atoms with E-state index in [1.165, 1.54) is 53.9 Å². The van der Waals surface area contributed by atoms with Crippen LogP contribution in [-0.4, -0.2) is 74.2 Å². The van der Waals surface area contributed by atoms with Crippen LogP contribution in [0.3, 0.4) is 0 Å². The third-order valence-corrected chi connectivity index (χ3v) is 8.70. The number of aryl methyl sites for hydroxylation is 1. The number of pyridine rings is 1. The first-order chi connectivity index (χ1) is 17.1. The van der Waals surface area contributed by atoms with Crippen LogP contribution in [0.25, 0.3) is 5.70 Å². The molecule has 1 spiro atoms. The Morgan fingerprint density at radius 1 is 1.03 bits per heavy atom. The molecule has 6 nitrogen and oxygen atoms in total. The van der Waals surface area contributed by atoms with Gasteiger partial charge in [0.1, 0.15) is 5.82 Å². The van der Waals surface area contributed by atoms with Crippen molar-refractivity contribution in [3.05, 3.63) is 59.3 Å². The van der Waals surface area contributed by atoms with E-state index in [0.717, 1.165) is 58.1 Å². The van der Waals surface area contributed by atoms with Crippen LogP contribution in [0.2, 0.25) is 0 Å². The van der Waals surface area contributed by atoms with E-state index in [-0.39, 0.29) is 6.04 Å². The van der Waals surface area contributed by atoms with Crippen molar-refractivity contribution in [2.75, 3.05) is 69.6 Å². The molecule has 0 amide bonds. The minimum atomic E-state index is 0.139. The van der Waals surface area contributed by atoms with E-state index in [0.29, 0.717) is 5.41 Å². The van der Waals surface area contributed by atoms with E-state index in [9.17, 15) is 0 Å². The molecule has 1 aromatic heterocycles. The van der Waals surface area contributed by atoms with Crippen LogP contribution in [0.5, 0.6) is 0 Å². The molecule has 2 aromatic rings. The molecular formula is C29H40N6. The molecule has 1 aromatic carbocycles. The molecule has 3 saturated heterocycles. The van der Waals surface area contributed by atoms with Crippen molar-refractivity contribution < 1.29 is 0 Å². The molecule has 2 unspecified atom stereocenters. The summed E-state index contributed by atoms with van der Waals surface area (Å²) in [4.78, 5) is 12.4. The van der Waals surface area contributed by atoms with Gasteiger partial charge in [-0.2, -0.15) is 0 Å². The lowest BCUT2D eigenvalue weighted by Gasteiger charge is -2.36. The number of likely N-dealkylation sites (tertiary alicyclic amines) is 1. The van der Waals surface area contributed by atoms with Gasteiger partial charge in [0, 0.05) is 74.4 Å². The smallest absolute Gasteiger partial charge is 0.128 e. The topological polar surface area (TPSA) is 46.7 Å². The van der Waals surface area contributed by atoms with E-state index < -0.39 is 0 Å². The minimum Gasteiger partial charge on any atom is -0.374 e. The lowest BCUT2D eigenvalue weighted by atomic mass is 9.80. The molecule has 0 aliphatic carbocycles. The fraction of sp³-hybridized carbons (Fsp3) is 0.552. The Hall–Kier alpha value is -2.57. The summed E-state index contributed by atoms with van der Waals surface area (Å²) in [6.45, 7) is 11.2. The molecule has 3 fully saturated rings. The first kappa shape index (κ1) is 22.9. The molecule has 6 rings (SSSR count). The lowest BCUT2D eigenvalue weighted by Crippen LogP contribution is -2.44. The third kappa shape index (κ3) is 4.54. The summed E-state index contributed by atoms with van der Waals surface area (Å²) in [6, 6.07) is 11.6. The number of aromatic nitrogens is 1. The number of nitrogens with zero attached hydrogens (tertiary/aromatic N) is 4. The maximum absolute atomic E-state index is 4.90. The van der Waals surface area contributed by atoms with Gasteiger partial charge < -0.3 is 25.3 Å². The highest BCUT2D eigenvalue weighted by Gasteiger charge is 2.40. The maximum atomic E-state index is 4.90. The second kappa shape index (κ2) is 9.47. The number of nitrogens with one attached hydrogen (secondary N) is 2. The molecule has 186 valence electrons. The normalized spacial score (nSPS) is 27.0. The molecular weight excluding hydrogens is 432 g/mol. The number of fused-ring (bicyclic) bond motifs is 1. The fourth-order valence-corrected chi connectivity index (χ4v) is 6.39. The van der Waals surface area contributed by atoms with Crippen LogP contribution in [0.4, 0.5) is 11.5 Å². The number of piperazine rings is 1. The van der Waals surface area contributed by atoms with Gasteiger partial charge in [-0.1, -0.05) is 25.1 Å². The summed E-state index contributed by atoms with van der Waals surface area (Å²) in [5.41, 5.74) is 7.07. The highest BCUT2D eigenvalue weighted by Crippen LogP contribution is 2.44. The van der Waals surface area contributed by atoms with E-state index in [1.54, 1.807) is 0 Å². The molecule has 4 aliphatic rings. The molecule has 5 heterocycles. The highest BCUT2D eigenvalue weighted by molar-refractivity contribution is 5.80. The number of piperidine rings is 1. The van der Waals surface area contributed by atoms with Crippen molar-refractivity contribution in [1.82, 2.24) is 20.1 Å². The zero-order valence-corrected chi connectivity index (χ0v) is 21.4. The summed E-state index contributed by atoms with van der Waals surface area (Å²) in [7, 11) is 2.20. The number of hydrogen-bond acceptors (Lipinski definition) is 6. The summed E-state index contributed by atoms with van der Waals surface area (Å²) in [5.74, 6) is 1.10. The van der Waals surface area contributed by atoms with Gasteiger partial charge in [-0.15, -0.1) is 0 Å². The van der Waals surface area contributed by atoms with Crippen molar-refractivity contribution in [3.8, 4) is 0 Å². The Kier molecular flexibility index (Phi) is 6.19. The zero-order valence-electron chi connectivity index (χ0n) is 21.4. The molecule has 2 N–H and O–H groups in total. The second-order valence-corrected chi connectivity index (χ2v) is 11.1. The van der Waals surface area contributed by atoms with E-state index in [2.05, 4.69) is 81.9 Å². The number of benzene rings is 1. The molecule has 0 radical (unpaired) electrons. The van der Waals surface area contributed by atoms with E-state index >= 15 is 0 Å². The van der Waals surface area contributed by atoms with Gasteiger partial charge in [0.25, 0.3) is 0 Å². The van der Waals surface area contributed by atoms with Gasteiger partial charge in [-0.25, -0.2) is 4.98 Å². The van der Waals surface area contributed by atoms with E-state index in [1.807, 2.05) is 0 Å². The predicted molar refractivity (Wildman–Crippen MR) is 145 cm³/mol. The fourth-order valence-electron chi connectivity index (χ4n) is 6.39. The summed E-state index contributed by atoms with van der Waals surface area (Å²) < 4.78 is 0. The summed E-state index contributed by atoms with van der Waals surface area (Å²) in [6.07, 6.45) is 9.54. The summed E-state index contributed by atoms with van der Waals surface area (Å²) >= 11 is 0. The van der Waals surface area contributed by atoms with Crippen molar-refractivity contribution in [2.24, 2.45) is 5.41 Å². The first-order valence-electron chi connectivity index (χ1n) is 13.6. The molecule has 0 bridgehead atoms. The monoisotopic (exact) mass is 472 g/mol. The van der Waals surface area contributed by atoms with Crippen LogP contribution in [0, 0.1) is 5.41 Å². The Labute approximate surface area is 210 Å². The van der Waals surface area contributed by atoms with Gasteiger partial charge in [0.05, 0.1) is 6.04 Å². The first-order valence-corrected chi connectivity index (χ1v) is 13.6. The maximum Gasteiger partial charge on any atom is 0.128 e. The standard InChI is InChI=1S/C29H40N6/c1-3-22-5-7-24-26(17-22)32-25(18-27(24)35-12-10-29(21-35)9-4-11-30-20-29)23-6-8-28(31-19-23)34-15-13-33(2)14-16-34/h5-8,17-19,25,30,32H,3-4,9-16,20-21H2,1-2H3. The third-order valence-electron chi connectivity index (χ3n) is 8.70.